The van der Waals surface area contributed by atoms with Gasteiger partial charge < -0.3 is 14.8 Å². The maximum absolute atomic E-state index is 5.99. The number of hydrogen-bond donors (Lipinski definition) is 1. The lowest BCUT2D eigenvalue weighted by Gasteiger charge is -2.13. The Bertz CT molecular complexity index is 1080. The van der Waals surface area contributed by atoms with Crippen molar-refractivity contribution in [1.82, 2.24) is 30.5 Å². The molecule has 2 aromatic carbocycles. The van der Waals surface area contributed by atoms with Crippen LogP contribution in [0.2, 0.25) is 0 Å². The molecular weight excluding hydrogens is 416 g/mol. The van der Waals surface area contributed by atoms with Crippen LogP contribution < -0.4 is 14.8 Å². The summed E-state index contributed by atoms with van der Waals surface area (Å²) in [5, 5.41) is 15.2. The van der Waals surface area contributed by atoms with Crippen LogP contribution in [-0.4, -0.2) is 31.8 Å². The molecule has 0 saturated heterocycles. The molecule has 31 heavy (non-hydrogen) atoms. The lowest BCUT2D eigenvalue weighted by Crippen LogP contribution is -2.13. The molecule has 0 bridgehead atoms. The number of benzene rings is 2. The minimum Gasteiger partial charge on any atom is -0.490 e. The summed E-state index contributed by atoms with van der Waals surface area (Å²) in [4.78, 5) is 4.13. The number of ether oxygens (including phenoxy) is 2. The van der Waals surface area contributed by atoms with Gasteiger partial charge in [0.1, 0.15) is 0 Å². The molecule has 8 nitrogen and oxygen atoms in total. The van der Waals surface area contributed by atoms with E-state index in [4.69, 9.17) is 9.47 Å². The first-order chi connectivity index (χ1) is 14.8. The molecule has 0 aliphatic heterocycles. The molecule has 9 heteroatoms. The van der Waals surface area contributed by atoms with Crippen LogP contribution in [0.15, 0.2) is 73.1 Å². The highest BCUT2D eigenvalue weighted by atomic mass is 35.5. The van der Waals surface area contributed by atoms with Crippen molar-refractivity contribution < 1.29 is 9.47 Å². The molecule has 0 aliphatic rings. The number of para-hydroxylation sites is 1. The van der Waals surface area contributed by atoms with Gasteiger partial charge in [0.25, 0.3) is 0 Å². The average molecular weight is 439 g/mol. The Balaban J connectivity index is 0.00000272. The molecule has 0 unspecified atom stereocenters. The molecule has 1 N–H and O–H groups in total. The van der Waals surface area contributed by atoms with E-state index >= 15 is 0 Å². The molecule has 0 spiro atoms. The maximum Gasteiger partial charge on any atom is 0.346 e. The first kappa shape index (κ1) is 22.2. The summed E-state index contributed by atoms with van der Waals surface area (Å²) in [6.45, 7) is 3.89. The van der Waals surface area contributed by atoms with Gasteiger partial charge in [-0.05, 0) is 58.8 Å². The number of hydrogen-bond acceptors (Lipinski definition) is 7. The highest BCUT2D eigenvalue weighted by Crippen LogP contribution is 2.32. The molecule has 2 aromatic heterocycles. The van der Waals surface area contributed by atoms with Crippen LogP contribution in [0, 0.1) is 0 Å². The van der Waals surface area contributed by atoms with Crippen molar-refractivity contribution in [3.8, 4) is 23.2 Å². The fraction of sp³-hybridized carbons (Fsp3) is 0.182. The Kier molecular flexibility index (Phi) is 7.91. The monoisotopic (exact) mass is 438 g/mol. The fourth-order valence-electron chi connectivity index (χ4n) is 2.94. The fourth-order valence-corrected chi connectivity index (χ4v) is 2.94. The summed E-state index contributed by atoms with van der Waals surface area (Å²) < 4.78 is 13.3. The Labute approximate surface area is 186 Å². The SMILES string of the molecule is CCOc1cc(CNCc2cccnc2)ccc1Oc1nnnn1-c1ccccc1.Cl. The minimum absolute atomic E-state index is 0. The third-order valence-electron chi connectivity index (χ3n) is 4.33. The Morgan fingerprint density at radius 1 is 0.935 bits per heavy atom. The number of pyridine rings is 1. The molecule has 0 atom stereocenters. The number of tetrazole rings is 1. The van der Waals surface area contributed by atoms with E-state index < -0.39 is 0 Å². The molecule has 0 saturated carbocycles. The molecule has 0 fully saturated rings. The van der Waals surface area contributed by atoms with Gasteiger partial charge in [-0.25, -0.2) is 0 Å². The number of nitrogens with one attached hydrogen (secondary N) is 1. The molecular formula is C22H23ClN6O2. The van der Waals surface area contributed by atoms with Crippen molar-refractivity contribution in [3.05, 3.63) is 84.2 Å². The van der Waals surface area contributed by atoms with E-state index in [2.05, 4.69) is 25.8 Å². The van der Waals surface area contributed by atoms with Crippen molar-refractivity contribution in [2.75, 3.05) is 6.61 Å². The summed E-state index contributed by atoms with van der Waals surface area (Å²) in [6.07, 6.45) is 3.62. The highest BCUT2D eigenvalue weighted by Gasteiger charge is 2.14. The van der Waals surface area contributed by atoms with E-state index in [0.29, 0.717) is 24.7 Å². The summed E-state index contributed by atoms with van der Waals surface area (Å²) in [5.74, 6) is 1.20. The first-order valence-electron chi connectivity index (χ1n) is 9.70. The van der Waals surface area contributed by atoms with E-state index in [1.165, 1.54) is 0 Å². The number of rotatable bonds is 9. The molecule has 4 aromatic rings. The maximum atomic E-state index is 5.99. The molecule has 0 radical (unpaired) electrons. The lowest BCUT2D eigenvalue weighted by molar-refractivity contribution is 0.315. The Morgan fingerprint density at radius 2 is 1.77 bits per heavy atom. The number of aromatic nitrogens is 5. The smallest absolute Gasteiger partial charge is 0.346 e. The van der Waals surface area contributed by atoms with Crippen molar-refractivity contribution in [2.45, 2.75) is 20.0 Å². The first-order valence-corrected chi connectivity index (χ1v) is 9.70. The van der Waals surface area contributed by atoms with E-state index in [1.807, 2.05) is 73.8 Å². The summed E-state index contributed by atoms with van der Waals surface area (Å²) in [7, 11) is 0. The van der Waals surface area contributed by atoms with Gasteiger partial charge in [-0.2, -0.15) is 4.68 Å². The predicted molar refractivity (Wildman–Crippen MR) is 119 cm³/mol. The summed E-state index contributed by atoms with van der Waals surface area (Å²) >= 11 is 0. The zero-order chi connectivity index (χ0) is 20.6. The predicted octanol–water partition coefficient (Wildman–Crippen LogP) is 3.96. The van der Waals surface area contributed by atoms with E-state index in [0.717, 1.165) is 23.4 Å². The van der Waals surface area contributed by atoms with Crippen LogP contribution in [0.4, 0.5) is 0 Å². The van der Waals surface area contributed by atoms with Crippen LogP contribution in [0.1, 0.15) is 18.1 Å². The quantitative estimate of drug-likeness (QED) is 0.423. The van der Waals surface area contributed by atoms with Crippen LogP contribution in [0.25, 0.3) is 5.69 Å². The Morgan fingerprint density at radius 3 is 2.55 bits per heavy atom. The van der Waals surface area contributed by atoms with E-state index in [1.54, 1.807) is 10.9 Å². The average Bonchev–Trinajstić information content (AvgIpc) is 3.25. The zero-order valence-electron chi connectivity index (χ0n) is 17.0. The lowest BCUT2D eigenvalue weighted by atomic mass is 10.2. The molecule has 2 heterocycles. The molecule has 0 amide bonds. The van der Waals surface area contributed by atoms with Gasteiger partial charge in [0.15, 0.2) is 11.5 Å². The molecule has 160 valence electrons. The second kappa shape index (κ2) is 11.1. The minimum atomic E-state index is 0. The van der Waals surface area contributed by atoms with E-state index in [-0.39, 0.29) is 18.4 Å². The highest BCUT2D eigenvalue weighted by molar-refractivity contribution is 5.85. The zero-order valence-corrected chi connectivity index (χ0v) is 17.8. The van der Waals surface area contributed by atoms with Gasteiger partial charge in [-0.3, -0.25) is 4.98 Å². The summed E-state index contributed by atoms with van der Waals surface area (Å²) in [5.41, 5.74) is 3.03. The van der Waals surface area contributed by atoms with Gasteiger partial charge >= 0.3 is 6.01 Å². The van der Waals surface area contributed by atoms with Gasteiger partial charge in [-0.15, -0.1) is 12.4 Å². The number of nitrogens with zero attached hydrogens (tertiary/aromatic N) is 5. The topological polar surface area (TPSA) is 87.0 Å². The second-order valence-electron chi connectivity index (χ2n) is 6.49. The standard InChI is InChI=1S/C22H22N6O2.ClH/c1-2-29-21-13-17(14-24-16-18-7-6-12-23-15-18)10-11-20(21)30-22-25-26-27-28(22)19-8-4-3-5-9-19;/h3-13,15,24H,2,14,16H2,1H3;1H. The van der Waals surface area contributed by atoms with Crippen LogP contribution in [0.5, 0.6) is 17.5 Å². The van der Waals surface area contributed by atoms with Gasteiger partial charge in [0.05, 0.1) is 12.3 Å². The van der Waals surface area contributed by atoms with E-state index in [9.17, 15) is 0 Å². The Hall–Kier alpha value is -3.49. The van der Waals surface area contributed by atoms with Gasteiger partial charge in [0.2, 0.25) is 0 Å². The van der Waals surface area contributed by atoms with Gasteiger partial charge in [-0.1, -0.05) is 35.4 Å². The largest absolute Gasteiger partial charge is 0.490 e. The van der Waals surface area contributed by atoms with Crippen LogP contribution >= 0.6 is 12.4 Å². The summed E-state index contributed by atoms with van der Waals surface area (Å²) in [6, 6.07) is 19.6. The van der Waals surface area contributed by atoms with Crippen LogP contribution in [-0.2, 0) is 13.1 Å². The molecule has 4 rings (SSSR count). The molecule has 0 aliphatic carbocycles. The third-order valence-corrected chi connectivity index (χ3v) is 4.33. The number of halogens is 1. The normalized spacial score (nSPS) is 10.4. The van der Waals surface area contributed by atoms with Crippen molar-refractivity contribution >= 4 is 12.4 Å². The second-order valence-corrected chi connectivity index (χ2v) is 6.49. The van der Waals surface area contributed by atoms with Gasteiger partial charge in [0, 0.05) is 25.5 Å². The van der Waals surface area contributed by atoms with Crippen molar-refractivity contribution in [3.63, 3.8) is 0 Å². The van der Waals surface area contributed by atoms with Crippen LogP contribution in [0.3, 0.4) is 0 Å². The van der Waals surface area contributed by atoms with Crippen molar-refractivity contribution in [2.24, 2.45) is 0 Å². The van der Waals surface area contributed by atoms with Crippen molar-refractivity contribution in [1.29, 1.82) is 0 Å². The third kappa shape index (κ3) is 5.78.